The van der Waals surface area contributed by atoms with E-state index in [4.69, 9.17) is 11.5 Å². The van der Waals surface area contributed by atoms with Gasteiger partial charge in [0.1, 0.15) is 11.8 Å². The quantitative estimate of drug-likeness (QED) is 0.241. The molecule has 8 heteroatoms. The van der Waals surface area contributed by atoms with Crippen molar-refractivity contribution in [2.75, 3.05) is 37.4 Å². The zero-order valence-electron chi connectivity index (χ0n) is 18.0. The number of terminal acetylenes is 1. The number of aliphatic hydroxyl groups excluding tert-OH is 1. The van der Waals surface area contributed by atoms with Gasteiger partial charge in [0.25, 0.3) is 0 Å². The molecule has 0 radical (unpaired) electrons. The number of hydrogen-bond acceptors (Lipinski definition) is 7. The van der Waals surface area contributed by atoms with Gasteiger partial charge >= 0.3 is 0 Å². The van der Waals surface area contributed by atoms with Crippen LogP contribution in [0, 0.1) is 23.7 Å². The molecule has 1 amide bonds. The molecule has 0 bridgehead atoms. The van der Waals surface area contributed by atoms with Crippen molar-refractivity contribution in [1.82, 2.24) is 9.88 Å². The Kier molecular flexibility index (Phi) is 7.61. The molecule has 3 rings (SSSR count). The van der Waals surface area contributed by atoms with Gasteiger partial charge in [-0.3, -0.25) is 9.78 Å². The molecular formula is C25H23N5O3. The fourth-order valence-corrected chi connectivity index (χ4v) is 3.15. The van der Waals surface area contributed by atoms with E-state index in [0.717, 1.165) is 0 Å². The maximum absolute atomic E-state index is 12.3. The number of anilines is 3. The summed E-state index contributed by atoms with van der Waals surface area (Å²) in [6.45, 7) is 1.01. The summed E-state index contributed by atoms with van der Waals surface area (Å²) < 4.78 is 0. The molecule has 33 heavy (non-hydrogen) atoms. The van der Waals surface area contributed by atoms with E-state index in [1.807, 2.05) is 18.0 Å². The number of aromatic nitrogens is 1. The van der Waals surface area contributed by atoms with E-state index in [-0.39, 0.29) is 18.0 Å². The maximum atomic E-state index is 12.3. The van der Waals surface area contributed by atoms with Gasteiger partial charge in [-0.1, -0.05) is 18.1 Å². The highest BCUT2D eigenvalue weighted by molar-refractivity contribution is 6.04. The number of benzene rings is 2. The highest BCUT2D eigenvalue weighted by Gasteiger charge is 2.14. The second-order valence-corrected chi connectivity index (χ2v) is 7.27. The molecule has 8 nitrogen and oxygen atoms in total. The summed E-state index contributed by atoms with van der Waals surface area (Å²) in [5, 5.41) is 35.3. The van der Waals surface area contributed by atoms with E-state index in [1.165, 1.54) is 18.3 Å². The van der Waals surface area contributed by atoms with E-state index in [9.17, 15) is 15.2 Å². The zero-order chi connectivity index (χ0) is 23.8. The van der Waals surface area contributed by atoms with E-state index in [0.29, 0.717) is 46.5 Å². The summed E-state index contributed by atoms with van der Waals surface area (Å²) in [6.07, 6.45) is 9.91. The van der Waals surface area contributed by atoms with Gasteiger partial charge < -0.3 is 25.7 Å². The minimum absolute atomic E-state index is 0.0314. The number of aliphatic hydroxyl groups is 1. The summed E-state index contributed by atoms with van der Waals surface area (Å²) in [5.41, 5.74) is 2.76. The topological polar surface area (TPSA) is 122 Å². The third-order valence-electron chi connectivity index (χ3n) is 4.83. The summed E-state index contributed by atoms with van der Waals surface area (Å²) in [5.74, 6) is 1.99. The number of carbonyl (C=O) groups is 1. The number of aromatic hydroxyl groups is 1. The van der Waals surface area contributed by atoms with Crippen LogP contribution in [-0.2, 0) is 4.79 Å². The molecule has 0 saturated heterocycles. The lowest BCUT2D eigenvalue weighted by Crippen LogP contribution is -2.22. The van der Waals surface area contributed by atoms with Crippen LogP contribution in [0.5, 0.6) is 5.75 Å². The molecule has 4 N–H and O–H groups in total. The molecule has 0 spiro atoms. The number of rotatable bonds is 8. The van der Waals surface area contributed by atoms with Crippen LogP contribution in [0.3, 0.4) is 0 Å². The number of amides is 1. The normalized spacial score (nSPS) is 10.8. The first kappa shape index (κ1) is 23.3. The molecule has 3 aromatic rings. The summed E-state index contributed by atoms with van der Waals surface area (Å²) in [7, 11) is 1.82. The minimum Gasteiger partial charge on any atom is -0.506 e. The predicted molar refractivity (Wildman–Crippen MR) is 128 cm³/mol. The molecule has 1 heterocycles. The highest BCUT2D eigenvalue weighted by Crippen LogP contribution is 2.35. The number of fused-ring (bicyclic) bond motifs is 1. The van der Waals surface area contributed by atoms with E-state index < -0.39 is 5.91 Å². The lowest BCUT2D eigenvalue weighted by atomic mass is 10.1. The molecule has 0 unspecified atom stereocenters. The number of nitrogens with one attached hydrogen (secondary N) is 2. The van der Waals surface area contributed by atoms with Crippen LogP contribution >= 0.6 is 0 Å². The van der Waals surface area contributed by atoms with Crippen LogP contribution < -0.4 is 10.6 Å². The van der Waals surface area contributed by atoms with Crippen molar-refractivity contribution in [2.24, 2.45) is 0 Å². The number of carbonyl (C=O) groups excluding carboxylic acids is 1. The fraction of sp³-hybridized carbons (Fsp3) is 0.160. The first-order valence-corrected chi connectivity index (χ1v) is 10.1. The number of nitriles is 1. The van der Waals surface area contributed by atoms with Crippen molar-refractivity contribution in [3.63, 3.8) is 0 Å². The van der Waals surface area contributed by atoms with Crippen molar-refractivity contribution >= 4 is 33.9 Å². The molecule has 0 atom stereocenters. The third-order valence-corrected chi connectivity index (χ3v) is 4.83. The number of nitrogens with zero attached hydrogens (tertiary/aromatic N) is 3. The standard InChI is InChI=1S/C25H23N5O3/c1-3-17-6-4-7-19(12-17)28-25-18(15-26)16-27-21-14-23(32)22(13-20(21)25)29-24(33)8-5-9-30(2)10-11-31/h1,4-8,12-14,16,31-32H,9-11H2,2H3,(H,27,28)(H,29,33)/b8-5+. The Hall–Kier alpha value is -4.37. The second-order valence-electron chi connectivity index (χ2n) is 7.27. The van der Waals surface area contributed by atoms with E-state index in [1.54, 1.807) is 30.3 Å². The number of phenols is 1. The Balaban J connectivity index is 1.93. The molecule has 0 fully saturated rings. The van der Waals surface area contributed by atoms with Gasteiger partial charge in [0.2, 0.25) is 5.91 Å². The average Bonchev–Trinajstić information content (AvgIpc) is 2.80. The Morgan fingerprint density at radius 1 is 1.33 bits per heavy atom. The summed E-state index contributed by atoms with van der Waals surface area (Å²) >= 11 is 0. The molecule has 1 aromatic heterocycles. The first-order valence-electron chi connectivity index (χ1n) is 10.1. The van der Waals surface area contributed by atoms with Crippen LogP contribution in [0.1, 0.15) is 11.1 Å². The third kappa shape index (κ3) is 5.86. The Morgan fingerprint density at radius 3 is 2.88 bits per heavy atom. The van der Waals surface area contributed by atoms with Gasteiger partial charge in [-0.05, 0) is 31.3 Å². The monoisotopic (exact) mass is 441 g/mol. The van der Waals surface area contributed by atoms with Gasteiger partial charge in [0.15, 0.2) is 0 Å². The predicted octanol–water partition coefficient (Wildman–Crippen LogP) is 2.96. The summed E-state index contributed by atoms with van der Waals surface area (Å²) in [6, 6.07) is 12.3. The summed E-state index contributed by atoms with van der Waals surface area (Å²) in [4.78, 5) is 18.4. The van der Waals surface area contributed by atoms with Gasteiger partial charge in [-0.25, -0.2) is 0 Å². The van der Waals surface area contributed by atoms with Crippen molar-refractivity contribution in [1.29, 1.82) is 5.26 Å². The van der Waals surface area contributed by atoms with Crippen LogP contribution in [0.15, 0.2) is 54.7 Å². The van der Waals surface area contributed by atoms with Crippen LogP contribution in [-0.4, -0.2) is 52.7 Å². The van der Waals surface area contributed by atoms with E-state index >= 15 is 0 Å². The smallest absolute Gasteiger partial charge is 0.248 e. The first-order chi connectivity index (χ1) is 15.9. The number of likely N-dealkylation sites (N-methyl/N-ethyl adjacent to an activating group) is 1. The van der Waals surface area contributed by atoms with Crippen LogP contribution in [0.4, 0.5) is 17.1 Å². The molecular weight excluding hydrogens is 418 g/mol. The number of pyridine rings is 1. The largest absolute Gasteiger partial charge is 0.506 e. The van der Waals surface area contributed by atoms with Gasteiger partial charge in [-0.15, -0.1) is 6.42 Å². The van der Waals surface area contributed by atoms with Gasteiger partial charge in [0.05, 0.1) is 29.1 Å². The molecule has 166 valence electrons. The van der Waals surface area contributed by atoms with Crippen molar-refractivity contribution in [2.45, 2.75) is 0 Å². The maximum Gasteiger partial charge on any atom is 0.248 e. The van der Waals surface area contributed by atoms with Gasteiger partial charge in [-0.2, -0.15) is 5.26 Å². The van der Waals surface area contributed by atoms with Crippen LogP contribution in [0.2, 0.25) is 0 Å². The molecule has 0 aliphatic carbocycles. The minimum atomic E-state index is -0.428. The number of hydrogen-bond donors (Lipinski definition) is 4. The second kappa shape index (κ2) is 10.8. The number of phenolic OH excluding ortho intramolecular Hbond substituents is 1. The lowest BCUT2D eigenvalue weighted by Gasteiger charge is -2.14. The molecule has 0 aliphatic rings. The average molecular weight is 441 g/mol. The SMILES string of the molecule is C#Cc1cccc(Nc2c(C#N)cnc3cc(O)c(NC(=O)/C=C/CN(C)CCO)cc23)c1. The Bertz CT molecular complexity index is 1290. The Labute approximate surface area is 191 Å². The highest BCUT2D eigenvalue weighted by atomic mass is 16.3. The van der Waals surface area contributed by atoms with Crippen molar-refractivity contribution in [3.8, 4) is 24.2 Å². The van der Waals surface area contributed by atoms with Crippen molar-refractivity contribution < 1.29 is 15.0 Å². The van der Waals surface area contributed by atoms with Crippen LogP contribution in [0.25, 0.3) is 10.9 Å². The van der Waals surface area contributed by atoms with E-state index in [2.05, 4.69) is 27.6 Å². The zero-order valence-corrected chi connectivity index (χ0v) is 18.0. The molecule has 0 saturated carbocycles. The Morgan fingerprint density at radius 2 is 2.15 bits per heavy atom. The fourth-order valence-electron chi connectivity index (χ4n) is 3.15. The molecule has 0 aliphatic heterocycles. The lowest BCUT2D eigenvalue weighted by molar-refractivity contribution is -0.111. The molecule has 2 aromatic carbocycles. The van der Waals surface area contributed by atoms with Gasteiger partial charge in [0, 0.05) is 48.1 Å². The van der Waals surface area contributed by atoms with Crippen molar-refractivity contribution in [3.05, 3.63) is 65.9 Å².